The van der Waals surface area contributed by atoms with Crippen molar-refractivity contribution in [3.8, 4) is 11.6 Å². The average Bonchev–Trinajstić information content (AvgIpc) is 2.33. The van der Waals surface area contributed by atoms with Crippen LogP contribution in [-0.4, -0.2) is 9.97 Å². The lowest BCUT2D eigenvalue weighted by Crippen LogP contribution is -2.10. The Labute approximate surface area is 117 Å². The van der Waals surface area contributed by atoms with Crippen molar-refractivity contribution in [2.24, 2.45) is 0 Å². The normalized spacial score (nSPS) is 11.4. The van der Waals surface area contributed by atoms with Gasteiger partial charge in [0, 0.05) is 0 Å². The van der Waals surface area contributed by atoms with Crippen molar-refractivity contribution in [2.75, 3.05) is 5.73 Å². The molecule has 0 aliphatic carbocycles. The van der Waals surface area contributed by atoms with Gasteiger partial charge in [-0.25, -0.2) is 4.98 Å². The van der Waals surface area contributed by atoms with E-state index < -0.39 is 0 Å². The molecule has 4 nitrogen and oxygen atoms in total. The zero-order valence-electron chi connectivity index (χ0n) is 11.1. The van der Waals surface area contributed by atoms with Gasteiger partial charge in [0.1, 0.15) is 10.8 Å². The zero-order valence-corrected chi connectivity index (χ0v) is 11.9. The van der Waals surface area contributed by atoms with Crippen LogP contribution in [0.15, 0.2) is 30.5 Å². The second kappa shape index (κ2) is 5.05. The smallest absolute Gasteiger partial charge is 0.243 e. The van der Waals surface area contributed by atoms with Crippen molar-refractivity contribution in [3.05, 3.63) is 41.0 Å². The molecule has 2 rings (SSSR count). The molecular weight excluding hydrogens is 262 g/mol. The van der Waals surface area contributed by atoms with Gasteiger partial charge in [0.2, 0.25) is 11.8 Å². The van der Waals surface area contributed by atoms with Crippen molar-refractivity contribution in [3.63, 3.8) is 0 Å². The van der Waals surface area contributed by atoms with E-state index in [1.807, 2.05) is 24.3 Å². The van der Waals surface area contributed by atoms with Crippen LogP contribution >= 0.6 is 11.6 Å². The van der Waals surface area contributed by atoms with Crippen molar-refractivity contribution in [2.45, 2.75) is 26.2 Å². The molecule has 0 spiro atoms. The summed E-state index contributed by atoms with van der Waals surface area (Å²) in [6, 6.07) is 7.81. The first-order valence-electron chi connectivity index (χ1n) is 5.92. The molecule has 0 bridgehead atoms. The molecule has 5 heteroatoms. The molecule has 0 aliphatic heterocycles. The molecule has 0 atom stereocenters. The van der Waals surface area contributed by atoms with Gasteiger partial charge in [-0.05, 0) is 23.1 Å². The van der Waals surface area contributed by atoms with Gasteiger partial charge in [-0.1, -0.05) is 44.5 Å². The van der Waals surface area contributed by atoms with Gasteiger partial charge in [-0.15, -0.1) is 0 Å². The molecule has 0 radical (unpaired) electrons. The molecule has 0 saturated carbocycles. The fourth-order valence-corrected chi connectivity index (χ4v) is 1.70. The molecule has 1 aromatic carbocycles. The number of hydrogen-bond donors (Lipinski definition) is 1. The third kappa shape index (κ3) is 3.35. The molecule has 2 N–H and O–H groups in total. The Hall–Kier alpha value is -1.81. The highest BCUT2D eigenvalue weighted by Crippen LogP contribution is 2.29. The predicted molar refractivity (Wildman–Crippen MR) is 76.7 cm³/mol. The van der Waals surface area contributed by atoms with E-state index in [9.17, 15) is 0 Å². The van der Waals surface area contributed by atoms with E-state index in [1.165, 1.54) is 11.8 Å². The van der Waals surface area contributed by atoms with Crippen molar-refractivity contribution < 1.29 is 4.74 Å². The molecular formula is C14H16ClN3O. The first kappa shape index (κ1) is 13.6. The Bertz CT molecular complexity index is 576. The summed E-state index contributed by atoms with van der Waals surface area (Å²) in [5.74, 6) is 1.05. The van der Waals surface area contributed by atoms with Gasteiger partial charge in [-0.3, -0.25) is 0 Å². The van der Waals surface area contributed by atoms with Crippen LogP contribution in [0.1, 0.15) is 26.3 Å². The number of halogens is 1. The maximum absolute atomic E-state index is 5.94. The number of nitrogen functional groups attached to an aromatic ring is 1. The number of benzene rings is 1. The van der Waals surface area contributed by atoms with Crippen LogP contribution in [0.3, 0.4) is 0 Å². The van der Waals surface area contributed by atoms with E-state index in [0.717, 1.165) is 0 Å². The molecule has 100 valence electrons. The summed E-state index contributed by atoms with van der Waals surface area (Å²) in [6.07, 6.45) is 1.42. The number of nitrogens with two attached hydrogens (primary N) is 1. The lowest BCUT2D eigenvalue weighted by molar-refractivity contribution is 0.462. The number of ether oxygens (including phenoxy) is 1. The third-order valence-electron chi connectivity index (χ3n) is 2.67. The Kier molecular flexibility index (Phi) is 3.62. The van der Waals surface area contributed by atoms with Gasteiger partial charge in [0.15, 0.2) is 0 Å². The van der Waals surface area contributed by atoms with Gasteiger partial charge >= 0.3 is 0 Å². The predicted octanol–water partition coefficient (Wildman–Crippen LogP) is 3.80. The van der Waals surface area contributed by atoms with Crippen molar-refractivity contribution >= 4 is 17.5 Å². The Morgan fingerprint density at radius 1 is 1.16 bits per heavy atom. The highest BCUT2D eigenvalue weighted by atomic mass is 35.5. The van der Waals surface area contributed by atoms with Gasteiger partial charge in [0.25, 0.3) is 0 Å². The highest BCUT2D eigenvalue weighted by Gasteiger charge is 2.13. The van der Waals surface area contributed by atoms with E-state index in [0.29, 0.717) is 10.8 Å². The van der Waals surface area contributed by atoms with Gasteiger partial charge in [0.05, 0.1) is 6.20 Å². The average molecular weight is 278 g/mol. The van der Waals surface area contributed by atoms with Gasteiger partial charge < -0.3 is 10.5 Å². The molecule has 0 aliphatic rings. The minimum atomic E-state index is 0.107. The summed E-state index contributed by atoms with van der Waals surface area (Å²) in [5, 5.41) is 0.328. The Morgan fingerprint density at radius 3 is 2.37 bits per heavy atom. The fraction of sp³-hybridized carbons (Fsp3) is 0.286. The van der Waals surface area contributed by atoms with E-state index >= 15 is 0 Å². The lowest BCUT2D eigenvalue weighted by atomic mass is 9.87. The summed E-state index contributed by atoms with van der Waals surface area (Å²) < 4.78 is 5.59. The maximum atomic E-state index is 5.94. The van der Waals surface area contributed by atoms with Crippen molar-refractivity contribution in [1.29, 1.82) is 0 Å². The topological polar surface area (TPSA) is 61.0 Å². The van der Waals surface area contributed by atoms with E-state index in [1.54, 1.807) is 0 Å². The number of rotatable bonds is 2. The summed E-state index contributed by atoms with van der Waals surface area (Å²) >= 11 is 5.94. The highest BCUT2D eigenvalue weighted by molar-refractivity contribution is 6.31. The van der Waals surface area contributed by atoms with E-state index in [-0.39, 0.29) is 17.2 Å². The third-order valence-corrected chi connectivity index (χ3v) is 2.92. The Morgan fingerprint density at radius 2 is 1.79 bits per heavy atom. The molecule has 0 fully saturated rings. The monoisotopic (exact) mass is 277 g/mol. The Balaban J connectivity index is 2.22. The molecule has 0 saturated heterocycles. The first-order chi connectivity index (χ1) is 8.86. The largest absolute Gasteiger partial charge is 0.437 e. The second-order valence-electron chi connectivity index (χ2n) is 5.26. The van der Waals surface area contributed by atoms with Crippen LogP contribution in [-0.2, 0) is 5.41 Å². The van der Waals surface area contributed by atoms with E-state index in [4.69, 9.17) is 22.1 Å². The van der Waals surface area contributed by atoms with Gasteiger partial charge in [-0.2, -0.15) is 4.98 Å². The molecule has 1 aromatic heterocycles. The summed E-state index contributed by atoms with van der Waals surface area (Å²) in [4.78, 5) is 7.73. The lowest BCUT2D eigenvalue weighted by Gasteiger charge is -2.19. The first-order valence-corrected chi connectivity index (χ1v) is 6.30. The van der Waals surface area contributed by atoms with Crippen LogP contribution in [0.25, 0.3) is 0 Å². The minimum Gasteiger partial charge on any atom is -0.437 e. The quantitative estimate of drug-likeness (QED) is 0.907. The SMILES string of the molecule is CC(C)(C)c1ccc(Oc2nc(N)ncc2Cl)cc1. The number of hydrogen-bond acceptors (Lipinski definition) is 4. The van der Waals surface area contributed by atoms with Crippen molar-refractivity contribution in [1.82, 2.24) is 9.97 Å². The van der Waals surface area contributed by atoms with Crippen LogP contribution in [0.2, 0.25) is 5.02 Å². The van der Waals surface area contributed by atoms with Crippen LogP contribution in [0.5, 0.6) is 11.6 Å². The number of aromatic nitrogens is 2. The van der Waals surface area contributed by atoms with E-state index in [2.05, 4.69) is 30.7 Å². The standard InChI is InChI=1S/C14H16ClN3O/c1-14(2,3)9-4-6-10(7-5-9)19-12-11(15)8-17-13(16)18-12/h4-8H,1-3H3,(H2,16,17,18). The zero-order chi connectivity index (χ0) is 14.0. The number of anilines is 1. The van der Waals surface area contributed by atoms with Crippen LogP contribution < -0.4 is 10.5 Å². The number of nitrogens with zero attached hydrogens (tertiary/aromatic N) is 2. The molecule has 0 unspecified atom stereocenters. The summed E-state index contributed by atoms with van der Waals surface area (Å²) in [6.45, 7) is 6.47. The molecule has 19 heavy (non-hydrogen) atoms. The maximum Gasteiger partial charge on any atom is 0.243 e. The molecule has 2 aromatic rings. The van der Waals surface area contributed by atoms with Crippen LogP contribution in [0, 0.1) is 0 Å². The van der Waals surface area contributed by atoms with Crippen LogP contribution in [0.4, 0.5) is 5.95 Å². The molecule has 1 heterocycles. The molecule has 0 amide bonds. The fourth-order valence-electron chi connectivity index (χ4n) is 1.57. The summed E-state index contributed by atoms with van der Waals surface area (Å²) in [5.41, 5.74) is 6.84. The summed E-state index contributed by atoms with van der Waals surface area (Å²) in [7, 11) is 0. The minimum absolute atomic E-state index is 0.107. The second-order valence-corrected chi connectivity index (χ2v) is 5.66.